The lowest BCUT2D eigenvalue weighted by molar-refractivity contribution is 0.423. The topological polar surface area (TPSA) is 46.2 Å². The first-order chi connectivity index (χ1) is 8.93. The Bertz CT molecular complexity index is 510. The third kappa shape index (κ3) is 4.07. The van der Waals surface area contributed by atoms with E-state index < -0.39 is 0 Å². The average Bonchev–Trinajstić information content (AvgIpc) is 2.24. The van der Waals surface area contributed by atoms with E-state index in [-0.39, 0.29) is 10.8 Å². The molecule has 0 radical (unpaired) electrons. The van der Waals surface area contributed by atoms with Gasteiger partial charge >= 0.3 is 0 Å². The van der Waals surface area contributed by atoms with Gasteiger partial charge in [0.25, 0.3) is 0 Å². The molecule has 0 aliphatic carbocycles. The maximum Gasteiger partial charge on any atom is 0.123 e. The number of rotatable bonds is 2. The van der Waals surface area contributed by atoms with Gasteiger partial charge in [-0.3, -0.25) is 0 Å². The van der Waals surface area contributed by atoms with Crippen LogP contribution in [0.4, 0.5) is 0 Å². The summed E-state index contributed by atoms with van der Waals surface area (Å²) in [6.45, 7) is 12.6. The molecular weight excluding hydrogens is 266 g/mol. The van der Waals surface area contributed by atoms with Crippen LogP contribution in [0.15, 0.2) is 18.2 Å². The van der Waals surface area contributed by atoms with Crippen molar-refractivity contribution in [2.45, 2.75) is 52.4 Å². The molecule has 110 valence electrons. The molecule has 0 aliphatic rings. The fourth-order valence-electron chi connectivity index (χ4n) is 2.07. The quantitative estimate of drug-likeness (QED) is 0.631. The highest BCUT2D eigenvalue weighted by Crippen LogP contribution is 2.39. The van der Waals surface area contributed by atoms with E-state index in [1.807, 2.05) is 18.2 Å². The van der Waals surface area contributed by atoms with Crippen LogP contribution in [0.5, 0.6) is 5.75 Å². The fraction of sp³-hybridized carbons (Fsp3) is 0.471. The van der Waals surface area contributed by atoms with E-state index in [9.17, 15) is 5.11 Å². The summed E-state index contributed by atoms with van der Waals surface area (Å²) >= 11 is 4.87. The predicted molar refractivity (Wildman–Crippen MR) is 91.3 cm³/mol. The second-order valence-corrected chi connectivity index (χ2v) is 7.67. The van der Waals surface area contributed by atoms with Crippen LogP contribution in [-0.4, -0.2) is 10.1 Å². The van der Waals surface area contributed by atoms with Crippen LogP contribution in [0.2, 0.25) is 0 Å². The molecule has 1 rings (SSSR count). The summed E-state index contributed by atoms with van der Waals surface area (Å²) in [5.74, 6) is 0.387. The number of aromatic hydroxyl groups is 1. The number of hydrogen-bond acceptors (Lipinski definition) is 2. The average molecular weight is 291 g/mol. The maximum absolute atomic E-state index is 10.6. The molecule has 1 aromatic carbocycles. The summed E-state index contributed by atoms with van der Waals surface area (Å²) < 4.78 is 0. The van der Waals surface area contributed by atoms with Crippen LogP contribution in [-0.2, 0) is 10.8 Å². The number of thiocarbonyl (C=S) groups is 1. The minimum Gasteiger partial charge on any atom is -0.507 e. The molecule has 0 saturated heterocycles. The van der Waals surface area contributed by atoms with Crippen molar-refractivity contribution in [3.05, 3.63) is 34.9 Å². The molecule has 0 fully saturated rings. The van der Waals surface area contributed by atoms with E-state index in [4.69, 9.17) is 18.0 Å². The van der Waals surface area contributed by atoms with Crippen molar-refractivity contribution in [3.63, 3.8) is 0 Å². The molecule has 20 heavy (non-hydrogen) atoms. The Hall–Kier alpha value is -1.35. The van der Waals surface area contributed by atoms with Gasteiger partial charge in [0.15, 0.2) is 0 Å². The van der Waals surface area contributed by atoms with Crippen molar-refractivity contribution in [2.24, 2.45) is 5.73 Å². The van der Waals surface area contributed by atoms with Crippen LogP contribution in [0.3, 0.4) is 0 Å². The summed E-state index contributed by atoms with van der Waals surface area (Å²) in [6, 6.07) is 4.00. The van der Waals surface area contributed by atoms with E-state index >= 15 is 0 Å². The molecule has 0 bridgehead atoms. The van der Waals surface area contributed by atoms with E-state index in [1.54, 1.807) is 6.08 Å². The lowest BCUT2D eigenvalue weighted by atomic mass is 9.78. The van der Waals surface area contributed by atoms with Crippen LogP contribution >= 0.6 is 12.2 Å². The summed E-state index contributed by atoms with van der Waals surface area (Å²) in [4.78, 5) is 0.354. The van der Waals surface area contributed by atoms with Crippen molar-refractivity contribution < 1.29 is 5.11 Å². The Kier molecular flexibility index (Phi) is 4.65. The summed E-state index contributed by atoms with van der Waals surface area (Å²) in [5, 5.41) is 10.6. The molecule has 0 aliphatic heterocycles. The third-order valence-electron chi connectivity index (χ3n) is 3.19. The van der Waals surface area contributed by atoms with Gasteiger partial charge in [0.05, 0.1) is 4.99 Å². The Morgan fingerprint density at radius 1 is 1.05 bits per heavy atom. The highest BCUT2D eigenvalue weighted by Gasteiger charge is 2.26. The molecule has 0 amide bonds. The second kappa shape index (κ2) is 5.57. The van der Waals surface area contributed by atoms with Crippen LogP contribution in [0, 0.1) is 0 Å². The van der Waals surface area contributed by atoms with Gasteiger partial charge in [-0.05, 0) is 34.6 Å². The maximum atomic E-state index is 10.6. The van der Waals surface area contributed by atoms with Crippen LogP contribution in [0.25, 0.3) is 6.08 Å². The van der Waals surface area contributed by atoms with E-state index in [1.165, 1.54) is 0 Å². The van der Waals surface area contributed by atoms with Crippen LogP contribution in [0.1, 0.15) is 58.2 Å². The van der Waals surface area contributed by atoms with E-state index in [2.05, 4.69) is 41.5 Å². The molecule has 3 heteroatoms. The summed E-state index contributed by atoms with van der Waals surface area (Å²) in [5.41, 5.74) is 8.14. The van der Waals surface area contributed by atoms with Gasteiger partial charge in [-0.15, -0.1) is 0 Å². The van der Waals surface area contributed by atoms with Gasteiger partial charge < -0.3 is 10.8 Å². The zero-order chi connectivity index (χ0) is 15.7. The van der Waals surface area contributed by atoms with Gasteiger partial charge in [-0.2, -0.15) is 0 Å². The predicted octanol–water partition coefficient (Wildman–Crippen LogP) is 4.29. The largest absolute Gasteiger partial charge is 0.507 e. The number of phenolic OH excluding ortho intramolecular Hbond substituents is 1. The van der Waals surface area contributed by atoms with Crippen LogP contribution < -0.4 is 5.73 Å². The monoisotopic (exact) mass is 291 g/mol. The lowest BCUT2D eigenvalue weighted by Gasteiger charge is -2.27. The zero-order valence-electron chi connectivity index (χ0n) is 13.2. The standard InChI is InChI=1S/C17H25NOS/c1-16(2,3)12-9-11(7-8-14(18)20)10-13(15(12)19)17(4,5)6/h7-10,19H,1-6H3,(H2,18,20). The van der Waals surface area contributed by atoms with Gasteiger partial charge in [0.2, 0.25) is 0 Å². The minimum atomic E-state index is -0.128. The minimum absolute atomic E-state index is 0.128. The number of nitrogens with two attached hydrogens (primary N) is 1. The van der Waals surface area contributed by atoms with E-state index in [0.29, 0.717) is 10.7 Å². The summed E-state index contributed by atoms with van der Waals surface area (Å²) in [6.07, 6.45) is 3.60. The molecule has 0 atom stereocenters. The Labute approximate surface area is 127 Å². The number of hydrogen-bond donors (Lipinski definition) is 2. The Morgan fingerprint density at radius 2 is 1.45 bits per heavy atom. The molecule has 0 saturated carbocycles. The first-order valence-electron chi connectivity index (χ1n) is 6.78. The molecule has 2 nitrogen and oxygen atoms in total. The SMILES string of the molecule is CC(C)(C)c1cc(C=CC(N)=S)cc(C(C)(C)C)c1O. The highest BCUT2D eigenvalue weighted by molar-refractivity contribution is 7.80. The molecular formula is C17H25NOS. The molecule has 1 aromatic rings. The molecule has 0 spiro atoms. The van der Waals surface area contributed by atoms with Gasteiger partial charge in [-0.1, -0.05) is 59.8 Å². The van der Waals surface area contributed by atoms with Crippen molar-refractivity contribution in [1.82, 2.24) is 0 Å². The van der Waals surface area contributed by atoms with Gasteiger partial charge in [-0.25, -0.2) is 0 Å². The van der Waals surface area contributed by atoms with Crippen molar-refractivity contribution in [1.29, 1.82) is 0 Å². The molecule has 0 unspecified atom stereocenters. The Morgan fingerprint density at radius 3 is 1.75 bits per heavy atom. The van der Waals surface area contributed by atoms with Crippen molar-refractivity contribution in [3.8, 4) is 5.75 Å². The van der Waals surface area contributed by atoms with Crippen molar-refractivity contribution in [2.75, 3.05) is 0 Å². The second-order valence-electron chi connectivity index (χ2n) is 7.20. The normalized spacial score (nSPS) is 12.9. The first kappa shape index (κ1) is 16.7. The van der Waals surface area contributed by atoms with Gasteiger partial charge in [0, 0.05) is 11.1 Å². The fourth-order valence-corrected chi connectivity index (χ4v) is 2.14. The smallest absolute Gasteiger partial charge is 0.123 e. The number of phenols is 1. The highest BCUT2D eigenvalue weighted by atomic mass is 32.1. The molecule has 0 aromatic heterocycles. The molecule has 0 heterocycles. The zero-order valence-corrected chi connectivity index (χ0v) is 14.1. The third-order valence-corrected chi connectivity index (χ3v) is 3.32. The lowest BCUT2D eigenvalue weighted by Crippen LogP contribution is -2.17. The van der Waals surface area contributed by atoms with E-state index in [0.717, 1.165) is 16.7 Å². The first-order valence-corrected chi connectivity index (χ1v) is 7.19. The van der Waals surface area contributed by atoms with Crippen molar-refractivity contribution >= 4 is 23.3 Å². The number of benzene rings is 1. The Balaban J connectivity index is 3.54. The summed E-state index contributed by atoms with van der Waals surface area (Å²) in [7, 11) is 0. The molecule has 3 N–H and O–H groups in total. The van der Waals surface area contributed by atoms with Gasteiger partial charge in [0.1, 0.15) is 5.75 Å².